The summed E-state index contributed by atoms with van der Waals surface area (Å²) in [5.41, 5.74) is 2.23. The van der Waals surface area contributed by atoms with Crippen LogP contribution in [0.15, 0.2) is 18.2 Å². The molecule has 1 aromatic carbocycles. The van der Waals surface area contributed by atoms with Crippen LogP contribution in [0.3, 0.4) is 0 Å². The third-order valence-electron chi connectivity index (χ3n) is 3.93. The first-order valence-electron chi connectivity index (χ1n) is 7.38. The van der Waals surface area contributed by atoms with E-state index in [4.69, 9.17) is 0 Å². The van der Waals surface area contributed by atoms with Crippen LogP contribution < -0.4 is 9.62 Å². The molecule has 7 heteroatoms. The molecule has 1 aromatic rings. The Bertz CT molecular complexity index is 671. The Kier molecular flexibility index (Phi) is 4.77. The summed E-state index contributed by atoms with van der Waals surface area (Å²) in [5.74, 6) is 0.504. The third kappa shape index (κ3) is 3.41. The van der Waals surface area contributed by atoms with Crippen molar-refractivity contribution in [2.45, 2.75) is 26.7 Å². The van der Waals surface area contributed by atoms with Crippen molar-refractivity contribution in [3.05, 3.63) is 23.8 Å². The van der Waals surface area contributed by atoms with Crippen LogP contribution in [-0.4, -0.2) is 39.3 Å². The minimum Gasteiger partial charge on any atom is -0.312 e. The smallest absolute Gasteiger partial charge is 0.301 e. The summed E-state index contributed by atoms with van der Waals surface area (Å²) >= 11 is 0. The summed E-state index contributed by atoms with van der Waals surface area (Å²) in [5, 5.41) is 0. The third-order valence-corrected chi connectivity index (χ3v) is 5.39. The first kappa shape index (κ1) is 16.8. The van der Waals surface area contributed by atoms with Gasteiger partial charge in [0.1, 0.15) is 0 Å². The Hall–Kier alpha value is -1.60. The van der Waals surface area contributed by atoms with Crippen molar-refractivity contribution < 1.29 is 13.2 Å². The van der Waals surface area contributed by atoms with Gasteiger partial charge in [0.25, 0.3) is 0 Å². The van der Waals surface area contributed by atoms with Gasteiger partial charge in [0.15, 0.2) is 0 Å². The van der Waals surface area contributed by atoms with Gasteiger partial charge in [-0.25, -0.2) is 0 Å². The molecule has 1 aliphatic rings. The number of benzene rings is 1. The normalized spacial score (nSPS) is 16.0. The fourth-order valence-corrected chi connectivity index (χ4v) is 2.94. The Morgan fingerprint density at radius 3 is 2.64 bits per heavy atom. The van der Waals surface area contributed by atoms with Gasteiger partial charge in [-0.3, -0.25) is 9.52 Å². The first-order chi connectivity index (χ1) is 10.2. The number of carbonyl (C=O) groups excluding carboxylic acids is 1. The SMILES string of the molecule is CC[C@H](C)CN1C(=O)Cc2cc(NS(=O)(=O)N(C)C)ccc21. The molecule has 1 N–H and O–H groups in total. The molecule has 2 rings (SSSR count). The highest BCUT2D eigenvalue weighted by Gasteiger charge is 2.28. The standard InChI is InChI=1S/C15H23N3O3S/c1-5-11(2)10-18-14-7-6-13(8-12(14)9-15(18)19)16-22(20,21)17(3)4/h6-8,11,16H,5,9-10H2,1-4H3/t11-/m0/s1. The molecule has 1 aliphatic heterocycles. The van der Waals surface area contributed by atoms with Gasteiger partial charge in [0.2, 0.25) is 5.91 Å². The van der Waals surface area contributed by atoms with E-state index in [1.54, 1.807) is 17.0 Å². The van der Waals surface area contributed by atoms with E-state index in [-0.39, 0.29) is 5.91 Å². The van der Waals surface area contributed by atoms with Crippen molar-refractivity contribution in [3.8, 4) is 0 Å². The molecule has 1 amide bonds. The van der Waals surface area contributed by atoms with Gasteiger partial charge in [-0.2, -0.15) is 12.7 Å². The van der Waals surface area contributed by atoms with Crippen LogP contribution in [0.5, 0.6) is 0 Å². The average molecular weight is 325 g/mol. The molecule has 0 saturated heterocycles. The van der Waals surface area contributed by atoms with Crippen LogP contribution in [0.25, 0.3) is 0 Å². The minimum absolute atomic E-state index is 0.0721. The number of fused-ring (bicyclic) bond motifs is 1. The van der Waals surface area contributed by atoms with E-state index in [1.807, 2.05) is 6.07 Å². The van der Waals surface area contributed by atoms with Gasteiger partial charge >= 0.3 is 10.2 Å². The highest BCUT2D eigenvalue weighted by atomic mass is 32.2. The van der Waals surface area contributed by atoms with E-state index in [0.29, 0.717) is 24.6 Å². The number of nitrogens with one attached hydrogen (secondary N) is 1. The maximum Gasteiger partial charge on any atom is 0.301 e. The zero-order chi connectivity index (χ0) is 16.5. The molecule has 0 spiro atoms. The molecule has 122 valence electrons. The number of hydrogen-bond donors (Lipinski definition) is 1. The Balaban J connectivity index is 2.24. The van der Waals surface area contributed by atoms with Gasteiger partial charge in [0.05, 0.1) is 12.1 Å². The second kappa shape index (κ2) is 6.26. The quantitative estimate of drug-likeness (QED) is 0.867. The summed E-state index contributed by atoms with van der Waals surface area (Å²) in [4.78, 5) is 14.0. The van der Waals surface area contributed by atoms with Crippen LogP contribution >= 0.6 is 0 Å². The highest BCUT2D eigenvalue weighted by molar-refractivity contribution is 7.90. The lowest BCUT2D eigenvalue weighted by Gasteiger charge is -2.21. The second-order valence-corrected chi connectivity index (χ2v) is 7.81. The second-order valence-electron chi connectivity index (χ2n) is 5.93. The van der Waals surface area contributed by atoms with Gasteiger partial charge in [-0.15, -0.1) is 0 Å². The molecule has 0 bridgehead atoms. The Morgan fingerprint density at radius 2 is 2.05 bits per heavy atom. The maximum absolute atomic E-state index is 12.2. The topological polar surface area (TPSA) is 69.7 Å². The summed E-state index contributed by atoms with van der Waals surface area (Å²) in [6.07, 6.45) is 1.34. The summed E-state index contributed by atoms with van der Waals surface area (Å²) < 4.78 is 27.3. The zero-order valence-corrected chi connectivity index (χ0v) is 14.3. The molecular formula is C15H23N3O3S. The van der Waals surface area contributed by atoms with E-state index >= 15 is 0 Å². The lowest BCUT2D eigenvalue weighted by molar-refractivity contribution is -0.117. The van der Waals surface area contributed by atoms with Crippen molar-refractivity contribution in [2.75, 3.05) is 30.3 Å². The predicted octanol–water partition coefficient (Wildman–Crippen LogP) is 1.84. The predicted molar refractivity (Wildman–Crippen MR) is 88.2 cm³/mol. The van der Waals surface area contributed by atoms with Gasteiger partial charge in [-0.1, -0.05) is 20.3 Å². The fraction of sp³-hybridized carbons (Fsp3) is 0.533. The van der Waals surface area contributed by atoms with E-state index < -0.39 is 10.2 Å². The largest absolute Gasteiger partial charge is 0.312 e. The molecule has 0 radical (unpaired) electrons. The molecule has 0 fully saturated rings. The van der Waals surface area contributed by atoms with Crippen molar-refractivity contribution in [1.82, 2.24) is 4.31 Å². The lowest BCUT2D eigenvalue weighted by atomic mass is 10.1. The molecule has 1 heterocycles. The Labute approximate surface area is 132 Å². The van der Waals surface area contributed by atoms with E-state index in [2.05, 4.69) is 18.6 Å². The average Bonchev–Trinajstić information content (AvgIpc) is 2.73. The first-order valence-corrected chi connectivity index (χ1v) is 8.82. The summed E-state index contributed by atoms with van der Waals surface area (Å²) in [6, 6.07) is 5.25. The van der Waals surface area contributed by atoms with Crippen molar-refractivity contribution in [2.24, 2.45) is 5.92 Å². The van der Waals surface area contributed by atoms with E-state index in [0.717, 1.165) is 22.0 Å². The van der Waals surface area contributed by atoms with Crippen LogP contribution in [0.4, 0.5) is 11.4 Å². The van der Waals surface area contributed by atoms with E-state index in [1.165, 1.54) is 14.1 Å². The number of nitrogens with zero attached hydrogens (tertiary/aromatic N) is 2. The summed E-state index contributed by atoms with van der Waals surface area (Å²) in [7, 11) is -0.603. The van der Waals surface area contributed by atoms with Crippen molar-refractivity contribution in [1.29, 1.82) is 0 Å². The van der Waals surface area contributed by atoms with E-state index in [9.17, 15) is 13.2 Å². The molecule has 0 saturated carbocycles. The monoisotopic (exact) mass is 325 g/mol. The summed E-state index contributed by atoms with van der Waals surface area (Å²) in [6.45, 7) is 4.92. The number of anilines is 2. The van der Waals surface area contributed by atoms with Gasteiger partial charge < -0.3 is 4.90 Å². The molecule has 0 unspecified atom stereocenters. The molecule has 6 nitrogen and oxygen atoms in total. The Morgan fingerprint density at radius 1 is 1.36 bits per heavy atom. The van der Waals surface area contributed by atoms with Crippen molar-refractivity contribution in [3.63, 3.8) is 0 Å². The van der Waals surface area contributed by atoms with Crippen molar-refractivity contribution >= 4 is 27.5 Å². The lowest BCUT2D eigenvalue weighted by Crippen LogP contribution is -2.31. The highest BCUT2D eigenvalue weighted by Crippen LogP contribution is 2.32. The van der Waals surface area contributed by atoms with Crippen LogP contribution in [0.2, 0.25) is 0 Å². The molecule has 1 atom stereocenters. The molecule has 0 aromatic heterocycles. The number of carbonyl (C=O) groups is 1. The molecular weight excluding hydrogens is 302 g/mol. The van der Waals surface area contributed by atoms with Gasteiger partial charge in [-0.05, 0) is 29.7 Å². The van der Waals surface area contributed by atoms with Crippen LogP contribution in [0, 0.1) is 5.92 Å². The number of amides is 1. The zero-order valence-electron chi connectivity index (χ0n) is 13.5. The van der Waals surface area contributed by atoms with Crippen LogP contribution in [-0.2, 0) is 21.4 Å². The fourth-order valence-electron chi connectivity index (χ4n) is 2.33. The molecule has 22 heavy (non-hydrogen) atoms. The minimum atomic E-state index is -3.53. The van der Waals surface area contributed by atoms with Crippen LogP contribution in [0.1, 0.15) is 25.8 Å². The maximum atomic E-state index is 12.2. The van der Waals surface area contributed by atoms with Gasteiger partial charge in [0, 0.05) is 26.3 Å². The molecule has 0 aliphatic carbocycles. The number of hydrogen-bond acceptors (Lipinski definition) is 3. The number of rotatable bonds is 6.